The molecule has 1 atom stereocenters. The average Bonchev–Trinajstić information content (AvgIpc) is 2.68. The second kappa shape index (κ2) is 6.28. The molecule has 2 rings (SSSR count). The van der Waals surface area contributed by atoms with Gasteiger partial charge < -0.3 is 0 Å². The molecule has 2 aromatic rings. The van der Waals surface area contributed by atoms with Crippen molar-refractivity contribution in [2.24, 2.45) is 0 Å². The van der Waals surface area contributed by atoms with Gasteiger partial charge in [0.05, 0.1) is 19.2 Å². The highest BCUT2D eigenvalue weighted by molar-refractivity contribution is 9.11. The number of halogens is 7. The highest BCUT2D eigenvalue weighted by Gasteiger charge is 2.33. The molecule has 108 valence electrons. The van der Waals surface area contributed by atoms with E-state index in [-0.39, 0.29) is 9.30 Å². The molecule has 0 saturated heterocycles. The molecule has 0 saturated carbocycles. The third-order valence-electron chi connectivity index (χ3n) is 2.50. The third-order valence-corrected chi connectivity index (χ3v) is 7.06. The second-order valence-electron chi connectivity index (χ2n) is 3.87. The maximum Gasteiger partial charge on any atom is 0.417 e. The Labute approximate surface area is 147 Å². The van der Waals surface area contributed by atoms with Gasteiger partial charge in [-0.05, 0) is 39.7 Å². The van der Waals surface area contributed by atoms with Crippen LogP contribution in [-0.4, -0.2) is 0 Å². The smallest absolute Gasteiger partial charge is 0.166 e. The quantitative estimate of drug-likeness (QED) is 0.367. The van der Waals surface area contributed by atoms with Crippen molar-refractivity contribution in [1.29, 1.82) is 0 Å². The van der Waals surface area contributed by atoms with E-state index in [2.05, 4.69) is 47.8 Å². The van der Waals surface area contributed by atoms with Crippen LogP contribution in [0.5, 0.6) is 0 Å². The van der Waals surface area contributed by atoms with Crippen molar-refractivity contribution in [1.82, 2.24) is 0 Å². The average molecular weight is 513 g/mol. The monoisotopic (exact) mass is 510 g/mol. The van der Waals surface area contributed by atoms with E-state index in [4.69, 9.17) is 11.6 Å². The molecule has 0 aliphatic rings. The first-order valence-electron chi connectivity index (χ1n) is 5.15. The maximum absolute atomic E-state index is 12.9. The number of rotatable bonds is 2. The van der Waals surface area contributed by atoms with Crippen LogP contribution in [-0.2, 0) is 6.18 Å². The molecule has 20 heavy (non-hydrogen) atoms. The van der Waals surface area contributed by atoms with Crippen LogP contribution in [0.4, 0.5) is 13.2 Å². The Kier molecular flexibility index (Phi) is 5.28. The van der Waals surface area contributed by atoms with Gasteiger partial charge in [0.15, 0.2) is 0 Å². The molecule has 0 bridgehead atoms. The van der Waals surface area contributed by atoms with Crippen LogP contribution in [0, 0.1) is 0 Å². The first-order chi connectivity index (χ1) is 9.20. The van der Waals surface area contributed by atoms with Crippen molar-refractivity contribution in [3.8, 4) is 0 Å². The van der Waals surface area contributed by atoms with E-state index >= 15 is 0 Å². The molecule has 0 amide bonds. The molecular formula is C12H5Br3ClF3S. The van der Waals surface area contributed by atoms with E-state index in [1.807, 2.05) is 0 Å². The molecule has 1 unspecified atom stereocenters. The molecule has 0 aliphatic heterocycles. The van der Waals surface area contributed by atoms with Gasteiger partial charge in [0.1, 0.15) is 0 Å². The topological polar surface area (TPSA) is 0 Å². The minimum Gasteiger partial charge on any atom is -0.166 e. The van der Waals surface area contributed by atoms with Crippen LogP contribution in [0.25, 0.3) is 0 Å². The zero-order chi connectivity index (χ0) is 15.1. The zero-order valence-electron chi connectivity index (χ0n) is 9.44. The van der Waals surface area contributed by atoms with Crippen molar-refractivity contribution >= 4 is 70.7 Å². The van der Waals surface area contributed by atoms with Gasteiger partial charge >= 0.3 is 6.18 Å². The van der Waals surface area contributed by atoms with E-state index in [0.29, 0.717) is 10.6 Å². The Balaban J connectivity index is 2.43. The van der Waals surface area contributed by atoms with Crippen LogP contribution in [0.3, 0.4) is 0 Å². The standard InChI is InChI=1S/C12H5Br3ClF3S/c13-7-2-1-5(3-6(7)12(17,18)19)10(14)9-4-8(16)11(15)20-9/h1-4,10H. The summed E-state index contributed by atoms with van der Waals surface area (Å²) in [6, 6.07) is 5.90. The number of hydrogen-bond donors (Lipinski definition) is 0. The second-order valence-corrected chi connectivity index (χ2v) is 8.45. The van der Waals surface area contributed by atoms with Gasteiger partial charge in [0.25, 0.3) is 0 Å². The highest BCUT2D eigenvalue weighted by atomic mass is 79.9. The largest absolute Gasteiger partial charge is 0.417 e. The maximum atomic E-state index is 12.9. The Morgan fingerprint density at radius 1 is 1.15 bits per heavy atom. The number of alkyl halides is 4. The Morgan fingerprint density at radius 2 is 1.80 bits per heavy atom. The van der Waals surface area contributed by atoms with Gasteiger partial charge in [0, 0.05) is 9.35 Å². The molecule has 0 N–H and O–H groups in total. The van der Waals surface area contributed by atoms with E-state index in [0.717, 1.165) is 14.7 Å². The van der Waals surface area contributed by atoms with Gasteiger partial charge in [0.2, 0.25) is 0 Å². The lowest BCUT2D eigenvalue weighted by atomic mass is 10.1. The summed E-state index contributed by atoms with van der Waals surface area (Å²) in [5.41, 5.74) is -0.174. The van der Waals surface area contributed by atoms with Crippen molar-refractivity contribution in [2.45, 2.75) is 11.0 Å². The predicted octanol–water partition coefficient (Wildman–Crippen LogP) is 7.43. The third kappa shape index (κ3) is 3.61. The van der Waals surface area contributed by atoms with E-state index in [9.17, 15) is 13.2 Å². The van der Waals surface area contributed by atoms with Gasteiger partial charge in [-0.3, -0.25) is 0 Å². The molecule has 0 fully saturated rings. The lowest BCUT2D eigenvalue weighted by Gasteiger charge is -2.13. The lowest BCUT2D eigenvalue weighted by Crippen LogP contribution is -2.07. The molecule has 0 spiro atoms. The van der Waals surface area contributed by atoms with Gasteiger partial charge in [-0.25, -0.2) is 0 Å². The van der Waals surface area contributed by atoms with Crippen molar-refractivity contribution in [3.63, 3.8) is 0 Å². The van der Waals surface area contributed by atoms with Crippen molar-refractivity contribution < 1.29 is 13.2 Å². The Hall–Kier alpha value is 0.440. The fourth-order valence-electron chi connectivity index (χ4n) is 1.57. The lowest BCUT2D eigenvalue weighted by molar-refractivity contribution is -0.138. The van der Waals surface area contributed by atoms with Gasteiger partial charge in [-0.2, -0.15) is 13.2 Å². The summed E-state index contributed by atoms with van der Waals surface area (Å²) in [6.07, 6.45) is -4.39. The van der Waals surface area contributed by atoms with E-state index in [1.165, 1.54) is 17.4 Å². The number of thiophene rings is 1. The highest BCUT2D eigenvalue weighted by Crippen LogP contribution is 2.43. The van der Waals surface area contributed by atoms with E-state index in [1.54, 1.807) is 12.1 Å². The van der Waals surface area contributed by atoms with Crippen molar-refractivity contribution in [2.75, 3.05) is 0 Å². The van der Waals surface area contributed by atoms with Crippen LogP contribution >= 0.6 is 70.7 Å². The van der Waals surface area contributed by atoms with Gasteiger partial charge in [-0.1, -0.05) is 49.5 Å². The first-order valence-corrected chi connectivity index (χ1v) is 8.85. The normalized spacial score (nSPS) is 13.6. The van der Waals surface area contributed by atoms with E-state index < -0.39 is 11.7 Å². The van der Waals surface area contributed by atoms with Crippen molar-refractivity contribution in [3.05, 3.63) is 53.6 Å². The van der Waals surface area contributed by atoms with Crippen LogP contribution in [0.1, 0.15) is 20.8 Å². The summed E-state index contributed by atoms with van der Waals surface area (Å²) in [5, 5.41) is 0.544. The predicted molar refractivity (Wildman–Crippen MR) is 86.9 cm³/mol. The molecule has 1 aromatic carbocycles. The summed E-state index contributed by atoms with van der Waals surface area (Å²) in [7, 11) is 0. The molecule has 1 heterocycles. The number of hydrogen-bond acceptors (Lipinski definition) is 1. The Morgan fingerprint density at radius 3 is 2.30 bits per heavy atom. The first kappa shape index (κ1) is 16.8. The summed E-state index contributed by atoms with van der Waals surface area (Å²) in [6.45, 7) is 0. The number of benzene rings is 1. The molecular weight excluding hydrogens is 508 g/mol. The summed E-state index contributed by atoms with van der Waals surface area (Å²) in [4.78, 5) is 0.489. The minimum atomic E-state index is -4.39. The summed E-state index contributed by atoms with van der Waals surface area (Å²) in [5.74, 6) is 0. The zero-order valence-corrected chi connectivity index (χ0v) is 15.8. The molecule has 0 aliphatic carbocycles. The summed E-state index contributed by atoms with van der Waals surface area (Å²) >= 11 is 17.0. The molecule has 0 nitrogen and oxygen atoms in total. The molecule has 0 radical (unpaired) electrons. The molecule has 1 aromatic heterocycles. The SMILES string of the molecule is FC(F)(F)c1cc(C(Br)c2cc(Cl)c(Br)s2)ccc1Br. The van der Waals surface area contributed by atoms with Gasteiger partial charge in [-0.15, -0.1) is 11.3 Å². The summed E-state index contributed by atoms with van der Waals surface area (Å²) < 4.78 is 39.5. The fraction of sp³-hybridized carbons (Fsp3) is 0.167. The van der Waals surface area contributed by atoms with Crippen LogP contribution < -0.4 is 0 Å². The minimum absolute atomic E-state index is 0.0267. The Bertz CT molecular complexity index is 620. The molecule has 8 heteroatoms. The fourth-order valence-corrected chi connectivity index (χ4v) is 4.49. The van der Waals surface area contributed by atoms with Crippen LogP contribution in [0.2, 0.25) is 5.02 Å². The van der Waals surface area contributed by atoms with Crippen LogP contribution in [0.15, 0.2) is 32.5 Å².